The van der Waals surface area contributed by atoms with Gasteiger partial charge in [0.2, 0.25) is 0 Å². The molecule has 0 saturated carbocycles. The fourth-order valence-corrected chi connectivity index (χ4v) is 3.69. The molecule has 4 rings (SSSR count). The molecule has 1 aliphatic heterocycles. The summed E-state index contributed by atoms with van der Waals surface area (Å²) in [4.78, 5) is 15.1. The third kappa shape index (κ3) is 3.72. The van der Waals surface area contributed by atoms with Gasteiger partial charge >= 0.3 is 0 Å². The van der Waals surface area contributed by atoms with Crippen molar-refractivity contribution in [2.24, 2.45) is 0 Å². The minimum Gasteiger partial charge on any atom is -0.350 e. The Labute approximate surface area is 153 Å². The van der Waals surface area contributed by atoms with Crippen molar-refractivity contribution in [2.75, 3.05) is 6.54 Å². The average molecular weight is 348 g/mol. The van der Waals surface area contributed by atoms with E-state index in [9.17, 15) is 4.79 Å². The molecule has 0 unspecified atom stereocenters. The first-order valence-corrected chi connectivity index (χ1v) is 9.28. The summed E-state index contributed by atoms with van der Waals surface area (Å²) in [7, 11) is 0. The molecule has 0 N–H and O–H groups in total. The summed E-state index contributed by atoms with van der Waals surface area (Å²) in [6.45, 7) is 2.42. The first kappa shape index (κ1) is 16.6. The Kier molecular flexibility index (Phi) is 4.86. The number of carbonyl (C=O) groups is 1. The maximum Gasteiger partial charge on any atom is 0.254 e. The van der Waals surface area contributed by atoms with Crippen molar-refractivity contribution in [2.45, 2.75) is 38.4 Å². The van der Waals surface area contributed by atoms with E-state index in [-0.39, 0.29) is 11.9 Å². The maximum absolute atomic E-state index is 13.1. The highest BCUT2D eigenvalue weighted by Gasteiger charge is 2.27. The fraction of sp³-hybridized carbons (Fsp3) is 0.333. The van der Waals surface area contributed by atoms with Crippen molar-refractivity contribution in [3.63, 3.8) is 0 Å². The smallest absolute Gasteiger partial charge is 0.254 e. The molecule has 5 nitrogen and oxygen atoms in total. The van der Waals surface area contributed by atoms with Crippen LogP contribution in [0.4, 0.5) is 0 Å². The summed E-state index contributed by atoms with van der Waals surface area (Å²) in [5, 5.41) is 4.30. The van der Waals surface area contributed by atoms with Gasteiger partial charge in [0.15, 0.2) is 0 Å². The van der Waals surface area contributed by atoms with Crippen molar-refractivity contribution < 1.29 is 4.79 Å². The Bertz CT molecular complexity index is 822. The van der Waals surface area contributed by atoms with Gasteiger partial charge in [-0.1, -0.05) is 12.1 Å². The highest BCUT2D eigenvalue weighted by molar-refractivity contribution is 5.94. The number of benzene rings is 1. The maximum atomic E-state index is 13.1. The third-order valence-electron chi connectivity index (χ3n) is 5.08. The van der Waals surface area contributed by atoms with E-state index in [1.807, 2.05) is 58.5 Å². The van der Waals surface area contributed by atoms with Crippen LogP contribution in [0.1, 0.15) is 35.2 Å². The first-order valence-electron chi connectivity index (χ1n) is 9.28. The molecule has 1 amide bonds. The van der Waals surface area contributed by atoms with Crippen molar-refractivity contribution in [3.8, 4) is 0 Å². The molecule has 3 aromatic rings. The summed E-state index contributed by atoms with van der Waals surface area (Å²) in [6.07, 6.45) is 11.1. The summed E-state index contributed by atoms with van der Waals surface area (Å²) in [5.74, 6) is 0.134. The summed E-state index contributed by atoms with van der Waals surface area (Å²) in [5.41, 5.74) is 1.97. The van der Waals surface area contributed by atoms with Gasteiger partial charge in [-0.05, 0) is 55.2 Å². The Hall–Kier alpha value is -2.82. The highest BCUT2D eigenvalue weighted by Crippen LogP contribution is 2.21. The number of hydrogen-bond acceptors (Lipinski definition) is 2. The molecule has 1 aromatic carbocycles. The normalized spacial score (nSPS) is 17.4. The minimum absolute atomic E-state index is 0.134. The van der Waals surface area contributed by atoms with Crippen molar-refractivity contribution in [3.05, 3.63) is 78.4 Å². The van der Waals surface area contributed by atoms with E-state index in [1.54, 1.807) is 6.20 Å². The molecule has 0 radical (unpaired) electrons. The second-order valence-electron chi connectivity index (χ2n) is 6.93. The zero-order valence-corrected chi connectivity index (χ0v) is 14.9. The lowest BCUT2D eigenvalue weighted by molar-refractivity contribution is 0.0584. The number of piperidine rings is 1. The Morgan fingerprint density at radius 2 is 1.85 bits per heavy atom. The lowest BCUT2D eigenvalue weighted by atomic mass is 10.0. The van der Waals surface area contributed by atoms with Crippen LogP contribution in [0.25, 0.3) is 0 Å². The lowest BCUT2D eigenvalue weighted by Crippen LogP contribution is -2.45. The number of aromatic nitrogens is 3. The number of rotatable bonds is 5. The van der Waals surface area contributed by atoms with E-state index in [2.05, 4.69) is 21.8 Å². The molecule has 1 fully saturated rings. The van der Waals surface area contributed by atoms with Crippen LogP contribution >= 0.6 is 0 Å². The van der Waals surface area contributed by atoms with Crippen LogP contribution in [0.3, 0.4) is 0 Å². The predicted molar refractivity (Wildman–Crippen MR) is 101 cm³/mol. The molecule has 0 bridgehead atoms. The molecule has 134 valence electrons. The molecule has 26 heavy (non-hydrogen) atoms. The van der Waals surface area contributed by atoms with Crippen LogP contribution in [-0.2, 0) is 13.1 Å². The molecule has 5 heteroatoms. The second-order valence-corrected chi connectivity index (χ2v) is 6.93. The number of likely N-dealkylation sites (tertiary alicyclic amines) is 1. The van der Waals surface area contributed by atoms with Gasteiger partial charge in [0.05, 0.1) is 12.6 Å². The zero-order chi connectivity index (χ0) is 17.8. The number of amides is 1. The van der Waals surface area contributed by atoms with Crippen LogP contribution in [0, 0.1) is 0 Å². The van der Waals surface area contributed by atoms with Gasteiger partial charge in [-0.2, -0.15) is 5.10 Å². The van der Waals surface area contributed by atoms with E-state index < -0.39 is 0 Å². The summed E-state index contributed by atoms with van der Waals surface area (Å²) < 4.78 is 4.05. The van der Waals surface area contributed by atoms with Gasteiger partial charge in [-0.3, -0.25) is 9.48 Å². The zero-order valence-electron chi connectivity index (χ0n) is 14.9. The molecular formula is C21H24N4O. The fourth-order valence-electron chi connectivity index (χ4n) is 3.69. The van der Waals surface area contributed by atoms with Crippen molar-refractivity contribution in [1.82, 2.24) is 19.2 Å². The van der Waals surface area contributed by atoms with Crippen molar-refractivity contribution >= 4 is 5.91 Å². The monoisotopic (exact) mass is 348 g/mol. The quantitative estimate of drug-likeness (QED) is 0.709. The number of hydrogen-bond donors (Lipinski definition) is 0. The van der Waals surface area contributed by atoms with E-state index in [1.165, 1.54) is 12.0 Å². The molecule has 3 heterocycles. The molecule has 1 saturated heterocycles. The molecule has 2 aromatic heterocycles. The van der Waals surface area contributed by atoms with Gasteiger partial charge < -0.3 is 9.47 Å². The van der Waals surface area contributed by atoms with Gasteiger partial charge in [0.25, 0.3) is 5.91 Å². The Morgan fingerprint density at radius 3 is 2.58 bits per heavy atom. The second kappa shape index (κ2) is 7.60. The van der Waals surface area contributed by atoms with Crippen LogP contribution < -0.4 is 0 Å². The minimum atomic E-state index is 0.134. The Morgan fingerprint density at radius 1 is 1.04 bits per heavy atom. The Balaban J connectivity index is 1.46. The first-order chi connectivity index (χ1) is 12.8. The molecule has 1 atom stereocenters. The molecule has 0 aliphatic carbocycles. The topological polar surface area (TPSA) is 43.1 Å². The summed E-state index contributed by atoms with van der Waals surface area (Å²) in [6, 6.07) is 14.2. The highest BCUT2D eigenvalue weighted by atomic mass is 16.2. The van der Waals surface area contributed by atoms with Crippen LogP contribution in [0.15, 0.2) is 67.3 Å². The van der Waals surface area contributed by atoms with E-state index in [4.69, 9.17) is 0 Å². The standard InChI is InChI=1S/C21H24N4O/c26-21(19-9-7-18(8-10-19)16-23-12-3-4-13-23)25-15-2-1-6-20(25)17-24-14-5-11-22-24/h3-5,7-14,20H,1-2,6,15-17H2/t20-/m0/s1. The molecular weight excluding hydrogens is 324 g/mol. The number of nitrogens with zero attached hydrogens (tertiary/aromatic N) is 4. The predicted octanol–water partition coefficient (Wildman–Crippen LogP) is 3.43. The number of carbonyl (C=O) groups excluding carboxylic acids is 1. The van der Waals surface area contributed by atoms with E-state index in [0.29, 0.717) is 0 Å². The summed E-state index contributed by atoms with van der Waals surface area (Å²) >= 11 is 0. The van der Waals surface area contributed by atoms with Gasteiger partial charge in [-0.15, -0.1) is 0 Å². The van der Waals surface area contributed by atoms with Gasteiger partial charge in [-0.25, -0.2) is 0 Å². The average Bonchev–Trinajstić information content (AvgIpc) is 3.37. The van der Waals surface area contributed by atoms with Crippen LogP contribution in [0.2, 0.25) is 0 Å². The van der Waals surface area contributed by atoms with Gasteiger partial charge in [0, 0.05) is 43.4 Å². The van der Waals surface area contributed by atoms with Crippen molar-refractivity contribution in [1.29, 1.82) is 0 Å². The van der Waals surface area contributed by atoms with E-state index >= 15 is 0 Å². The third-order valence-corrected chi connectivity index (χ3v) is 5.08. The van der Waals surface area contributed by atoms with Crippen LogP contribution in [-0.4, -0.2) is 37.7 Å². The van der Waals surface area contributed by atoms with Gasteiger partial charge in [0.1, 0.15) is 0 Å². The lowest BCUT2D eigenvalue weighted by Gasteiger charge is -2.35. The van der Waals surface area contributed by atoms with Crippen LogP contribution in [0.5, 0.6) is 0 Å². The van der Waals surface area contributed by atoms with E-state index in [0.717, 1.165) is 38.0 Å². The largest absolute Gasteiger partial charge is 0.350 e. The molecule has 0 spiro atoms. The SMILES string of the molecule is O=C(c1ccc(Cn2cccc2)cc1)N1CCCC[C@H]1Cn1cccn1. The molecule has 1 aliphatic rings.